The lowest BCUT2D eigenvalue weighted by Gasteiger charge is -2.27. The fourth-order valence-electron chi connectivity index (χ4n) is 4.04. The SMILES string of the molecule is C=O.CNc1cnn(C)c1C#N.Cc1cc(-c2ccc(C(=O)C3CCCCC3C)cc2)n[nH]1. The number of aromatic amines is 1. The number of nitrogens with one attached hydrogen (secondary N) is 2. The smallest absolute Gasteiger partial charge is 0.166 e. The van der Waals surface area contributed by atoms with Crippen LogP contribution in [0.1, 0.15) is 54.4 Å². The van der Waals surface area contributed by atoms with Crippen LogP contribution < -0.4 is 5.32 Å². The van der Waals surface area contributed by atoms with Crippen molar-refractivity contribution in [2.24, 2.45) is 18.9 Å². The van der Waals surface area contributed by atoms with Gasteiger partial charge in [0.1, 0.15) is 12.9 Å². The van der Waals surface area contributed by atoms with Crippen LogP contribution in [0.15, 0.2) is 36.5 Å². The Labute approximate surface area is 195 Å². The molecule has 8 heteroatoms. The highest BCUT2D eigenvalue weighted by Gasteiger charge is 2.28. The van der Waals surface area contributed by atoms with Crippen molar-refractivity contribution in [2.45, 2.75) is 39.5 Å². The number of nitrogens with zero attached hydrogens (tertiary/aromatic N) is 4. The third-order valence-corrected chi connectivity index (χ3v) is 5.93. The number of aryl methyl sites for hydroxylation is 2. The molecule has 0 spiro atoms. The summed E-state index contributed by atoms with van der Waals surface area (Å²) in [5, 5.41) is 22.5. The van der Waals surface area contributed by atoms with Crippen LogP contribution in [0.2, 0.25) is 0 Å². The van der Waals surface area contributed by atoms with Crippen molar-refractivity contribution in [1.82, 2.24) is 20.0 Å². The van der Waals surface area contributed by atoms with E-state index in [1.54, 1.807) is 20.3 Å². The average molecular weight is 449 g/mol. The average Bonchev–Trinajstić information content (AvgIpc) is 3.45. The maximum Gasteiger partial charge on any atom is 0.166 e. The number of benzene rings is 1. The Bertz CT molecular complexity index is 1080. The summed E-state index contributed by atoms with van der Waals surface area (Å²) in [6.45, 7) is 6.20. The van der Waals surface area contributed by atoms with Gasteiger partial charge in [-0.05, 0) is 25.3 Å². The van der Waals surface area contributed by atoms with Gasteiger partial charge in [0.25, 0.3) is 0 Å². The minimum Gasteiger partial charge on any atom is -0.384 e. The van der Waals surface area contributed by atoms with Crippen molar-refractivity contribution in [3.63, 3.8) is 0 Å². The zero-order chi connectivity index (χ0) is 24.4. The van der Waals surface area contributed by atoms with E-state index in [1.807, 2.05) is 50.1 Å². The number of nitriles is 1. The van der Waals surface area contributed by atoms with Gasteiger partial charge in [-0.1, -0.05) is 50.5 Å². The topological polar surface area (TPSA) is 116 Å². The normalized spacial score (nSPS) is 16.9. The van der Waals surface area contributed by atoms with E-state index in [-0.39, 0.29) is 5.92 Å². The summed E-state index contributed by atoms with van der Waals surface area (Å²) in [6.07, 6.45) is 6.30. The number of aromatic nitrogens is 4. The lowest BCUT2D eigenvalue weighted by Crippen LogP contribution is -2.25. The molecule has 1 aliphatic rings. The molecule has 8 nitrogen and oxygen atoms in total. The van der Waals surface area contributed by atoms with Crippen molar-refractivity contribution < 1.29 is 9.59 Å². The summed E-state index contributed by atoms with van der Waals surface area (Å²) in [7, 11) is 3.50. The molecule has 2 unspecified atom stereocenters. The van der Waals surface area contributed by atoms with E-state index >= 15 is 0 Å². The van der Waals surface area contributed by atoms with Gasteiger partial charge in [-0.2, -0.15) is 15.5 Å². The molecule has 4 rings (SSSR count). The minimum atomic E-state index is 0.206. The first-order chi connectivity index (χ1) is 15.9. The van der Waals surface area contributed by atoms with Crippen LogP contribution in [-0.2, 0) is 11.8 Å². The van der Waals surface area contributed by atoms with Crippen LogP contribution in [0, 0.1) is 30.1 Å². The second-order valence-corrected chi connectivity index (χ2v) is 8.14. The molecule has 2 heterocycles. The molecule has 0 bridgehead atoms. The summed E-state index contributed by atoms with van der Waals surface area (Å²) in [4.78, 5) is 20.6. The number of carbonyl (C=O) groups excluding carboxylic acids is 2. The van der Waals surface area contributed by atoms with Crippen LogP contribution in [0.4, 0.5) is 5.69 Å². The molecule has 1 aliphatic carbocycles. The molecule has 1 fully saturated rings. The highest BCUT2D eigenvalue weighted by atomic mass is 16.1. The van der Waals surface area contributed by atoms with Gasteiger partial charge < -0.3 is 10.1 Å². The molecule has 0 saturated heterocycles. The highest BCUT2D eigenvalue weighted by Crippen LogP contribution is 2.32. The number of hydrogen-bond donors (Lipinski definition) is 2. The van der Waals surface area contributed by atoms with Gasteiger partial charge in [0, 0.05) is 36.8 Å². The predicted octanol–water partition coefficient (Wildman–Crippen LogP) is 4.54. The molecule has 174 valence electrons. The quantitative estimate of drug-likeness (QED) is 0.566. The maximum absolute atomic E-state index is 12.6. The lowest BCUT2D eigenvalue weighted by molar-refractivity contribution is -0.0980. The Morgan fingerprint density at radius 3 is 2.42 bits per heavy atom. The number of H-pyrrole nitrogens is 1. The zero-order valence-electron chi connectivity index (χ0n) is 19.8. The number of rotatable bonds is 4. The van der Waals surface area contributed by atoms with E-state index in [0.717, 1.165) is 34.6 Å². The zero-order valence-corrected chi connectivity index (χ0v) is 19.8. The Hall–Kier alpha value is -3.73. The molecule has 0 radical (unpaired) electrons. The Morgan fingerprint density at radius 2 is 1.91 bits per heavy atom. The molecule has 1 aromatic carbocycles. The molecule has 0 amide bonds. The number of Topliss-reactive ketones (excluding diaryl/α,β-unsaturated/α-hetero) is 1. The molecular weight excluding hydrogens is 416 g/mol. The molecule has 3 aromatic rings. The van der Waals surface area contributed by atoms with Crippen molar-refractivity contribution >= 4 is 18.3 Å². The monoisotopic (exact) mass is 448 g/mol. The largest absolute Gasteiger partial charge is 0.384 e. The van der Waals surface area contributed by atoms with Gasteiger partial charge in [0.15, 0.2) is 11.5 Å². The summed E-state index contributed by atoms with van der Waals surface area (Å²) >= 11 is 0. The Kier molecular flexibility index (Phi) is 9.55. The first kappa shape index (κ1) is 25.5. The van der Waals surface area contributed by atoms with E-state index < -0.39 is 0 Å². The molecule has 2 atom stereocenters. The first-order valence-electron chi connectivity index (χ1n) is 11.0. The lowest BCUT2D eigenvalue weighted by atomic mass is 9.76. The maximum atomic E-state index is 12.6. The highest BCUT2D eigenvalue weighted by molar-refractivity contribution is 5.98. The van der Waals surface area contributed by atoms with Crippen molar-refractivity contribution in [3.8, 4) is 17.3 Å². The van der Waals surface area contributed by atoms with Crippen molar-refractivity contribution in [1.29, 1.82) is 5.26 Å². The number of anilines is 1. The third-order valence-electron chi connectivity index (χ3n) is 5.93. The fraction of sp³-hybridized carbons (Fsp3) is 0.400. The summed E-state index contributed by atoms with van der Waals surface area (Å²) in [6, 6.07) is 11.9. The van der Waals surface area contributed by atoms with Gasteiger partial charge in [-0.15, -0.1) is 0 Å². The summed E-state index contributed by atoms with van der Waals surface area (Å²) in [5.41, 5.74) is 5.18. The second-order valence-electron chi connectivity index (χ2n) is 8.14. The van der Waals surface area contributed by atoms with Crippen molar-refractivity contribution in [3.05, 3.63) is 53.5 Å². The number of hydrogen-bond acceptors (Lipinski definition) is 6. The molecule has 2 N–H and O–H groups in total. The van der Waals surface area contributed by atoms with Crippen LogP contribution in [-0.4, -0.2) is 39.6 Å². The van der Waals surface area contributed by atoms with Gasteiger partial charge in [-0.25, -0.2) is 0 Å². The van der Waals surface area contributed by atoms with Gasteiger partial charge in [-0.3, -0.25) is 14.6 Å². The molecule has 2 aromatic heterocycles. The Balaban J connectivity index is 0.000000270. The van der Waals surface area contributed by atoms with Crippen LogP contribution in [0.25, 0.3) is 11.3 Å². The number of ketones is 1. The van der Waals surface area contributed by atoms with Crippen LogP contribution in [0.5, 0.6) is 0 Å². The predicted molar refractivity (Wildman–Crippen MR) is 129 cm³/mol. The first-order valence-corrected chi connectivity index (χ1v) is 11.0. The van der Waals surface area contributed by atoms with Gasteiger partial charge >= 0.3 is 0 Å². The molecule has 0 aliphatic heterocycles. The van der Waals surface area contributed by atoms with E-state index in [1.165, 1.54) is 23.9 Å². The van der Waals surface area contributed by atoms with Crippen molar-refractivity contribution in [2.75, 3.05) is 12.4 Å². The fourth-order valence-corrected chi connectivity index (χ4v) is 4.04. The number of carbonyl (C=O) groups is 2. The van der Waals surface area contributed by atoms with E-state index in [2.05, 4.69) is 27.5 Å². The van der Waals surface area contributed by atoms with E-state index in [4.69, 9.17) is 10.1 Å². The van der Waals surface area contributed by atoms with E-state index in [9.17, 15) is 4.79 Å². The van der Waals surface area contributed by atoms with Gasteiger partial charge in [0.2, 0.25) is 0 Å². The Morgan fingerprint density at radius 1 is 1.24 bits per heavy atom. The molecule has 1 saturated carbocycles. The molecular formula is C25H32N6O2. The van der Waals surface area contributed by atoms with E-state index in [0.29, 0.717) is 17.4 Å². The van der Waals surface area contributed by atoms with Gasteiger partial charge in [0.05, 0.1) is 17.6 Å². The molecule has 33 heavy (non-hydrogen) atoms. The standard InChI is InChI=1S/C18H22N2O.C6H8N4.CH2O/c1-12-5-3-4-6-16(12)18(21)15-9-7-14(8-10-15)17-11-13(2)19-20-17;1-8-5-4-9-10(2)6(5)3-7;1-2/h7-12,16H,3-6H2,1-2H3,(H,19,20);4,8H,1-2H3;1H2. The van der Waals surface area contributed by atoms with Crippen LogP contribution >= 0.6 is 0 Å². The minimum absolute atomic E-state index is 0.206. The third kappa shape index (κ3) is 6.39. The van der Waals surface area contributed by atoms with Crippen LogP contribution in [0.3, 0.4) is 0 Å². The summed E-state index contributed by atoms with van der Waals surface area (Å²) < 4.78 is 1.53. The summed E-state index contributed by atoms with van der Waals surface area (Å²) in [5.74, 6) is 1.03. The second kappa shape index (κ2) is 12.3.